The van der Waals surface area contributed by atoms with Crippen molar-refractivity contribution in [3.63, 3.8) is 0 Å². The third-order valence-corrected chi connectivity index (χ3v) is 3.16. The lowest BCUT2D eigenvalue weighted by molar-refractivity contribution is -0.120. The van der Waals surface area contributed by atoms with Crippen molar-refractivity contribution in [2.45, 2.75) is 45.4 Å². The maximum Gasteiger partial charge on any atom is 0.219 e. The fourth-order valence-electron chi connectivity index (χ4n) is 1.83. The van der Waals surface area contributed by atoms with Crippen LogP contribution in [0.15, 0.2) is 24.3 Å². The highest BCUT2D eigenvalue weighted by atomic mass is 16.1. The molecule has 19 heavy (non-hydrogen) atoms. The first-order valence-corrected chi connectivity index (χ1v) is 6.69. The Morgan fingerprint density at radius 3 is 2.11 bits per heavy atom. The zero-order valence-electron chi connectivity index (χ0n) is 12.2. The van der Waals surface area contributed by atoms with Crippen molar-refractivity contribution in [3.05, 3.63) is 35.4 Å². The molecule has 1 N–H and O–H groups in total. The first-order chi connectivity index (χ1) is 8.84. The Hall–Kier alpha value is -1.64. The van der Waals surface area contributed by atoms with Crippen molar-refractivity contribution in [1.82, 2.24) is 5.32 Å². The molecule has 1 rings (SSSR count). The van der Waals surface area contributed by atoms with Gasteiger partial charge in [-0.3, -0.25) is 9.59 Å². The first-order valence-electron chi connectivity index (χ1n) is 6.69. The molecule has 0 aromatic heterocycles. The molecule has 0 radical (unpaired) electrons. The summed E-state index contributed by atoms with van der Waals surface area (Å²) >= 11 is 0. The van der Waals surface area contributed by atoms with E-state index < -0.39 is 0 Å². The molecular weight excluding hydrogens is 238 g/mol. The Morgan fingerprint density at radius 1 is 1.05 bits per heavy atom. The van der Waals surface area contributed by atoms with Gasteiger partial charge in [0.05, 0.1) is 0 Å². The van der Waals surface area contributed by atoms with Gasteiger partial charge in [0.2, 0.25) is 5.91 Å². The number of rotatable bonds is 5. The van der Waals surface area contributed by atoms with E-state index in [1.165, 1.54) is 5.56 Å². The van der Waals surface area contributed by atoms with E-state index in [0.717, 1.165) is 5.56 Å². The van der Waals surface area contributed by atoms with Gasteiger partial charge in [0, 0.05) is 25.5 Å². The normalized spacial score (nSPS) is 11.2. The van der Waals surface area contributed by atoms with E-state index >= 15 is 0 Å². The van der Waals surface area contributed by atoms with Gasteiger partial charge in [-0.2, -0.15) is 0 Å². The van der Waals surface area contributed by atoms with E-state index in [0.29, 0.717) is 19.3 Å². The summed E-state index contributed by atoms with van der Waals surface area (Å²) in [7, 11) is 1.61. The Morgan fingerprint density at radius 2 is 1.63 bits per heavy atom. The summed E-state index contributed by atoms with van der Waals surface area (Å²) in [5.41, 5.74) is 2.04. The molecule has 0 saturated heterocycles. The highest BCUT2D eigenvalue weighted by molar-refractivity contribution is 5.96. The quantitative estimate of drug-likeness (QED) is 0.828. The molecule has 3 heteroatoms. The van der Waals surface area contributed by atoms with Gasteiger partial charge in [-0.05, 0) is 17.4 Å². The van der Waals surface area contributed by atoms with Gasteiger partial charge in [0.1, 0.15) is 0 Å². The summed E-state index contributed by atoms with van der Waals surface area (Å²) in [6.07, 6.45) is 1.42. The third kappa shape index (κ3) is 4.86. The maximum atomic E-state index is 11.9. The van der Waals surface area contributed by atoms with Crippen LogP contribution in [0.1, 0.15) is 56.0 Å². The molecule has 0 aliphatic heterocycles. The number of Topliss-reactive ketones (excluding diaryl/α,β-unsaturated/α-hetero) is 1. The van der Waals surface area contributed by atoms with E-state index in [9.17, 15) is 9.59 Å². The van der Waals surface area contributed by atoms with Crippen LogP contribution in [-0.4, -0.2) is 18.7 Å². The second kappa shape index (κ2) is 6.50. The highest BCUT2D eigenvalue weighted by Gasteiger charge is 2.14. The van der Waals surface area contributed by atoms with Crippen LogP contribution in [-0.2, 0) is 10.2 Å². The van der Waals surface area contributed by atoms with Gasteiger partial charge >= 0.3 is 0 Å². The van der Waals surface area contributed by atoms with Gasteiger partial charge in [-0.25, -0.2) is 0 Å². The summed E-state index contributed by atoms with van der Waals surface area (Å²) in [6.45, 7) is 6.44. The van der Waals surface area contributed by atoms with Crippen LogP contribution in [0.4, 0.5) is 0 Å². The molecule has 0 heterocycles. The average molecular weight is 261 g/mol. The van der Waals surface area contributed by atoms with Crippen molar-refractivity contribution in [1.29, 1.82) is 0 Å². The molecule has 1 amide bonds. The average Bonchev–Trinajstić information content (AvgIpc) is 2.37. The second-order valence-corrected chi connectivity index (χ2v) is 5.78. The zero-order valence-corrected chi connectivity index (χ0v) is 12.2. The SMILES string of the molecule is CNC(=O)CCCC(=O)c1ccc(C(C)(C)C)cc1. The van der Waals surface area contributed by atoms with Crippen LogP contribution < -0.4 is 5.32 Å². The fourth-order valence-corrected chi connectivity index (χ4v) is 1.83. The molecule has 0 unspecified atom stereocenters. The van der Waals surface area contributed by atoms with E-state index in [-0.39, 0.29) is 17.1 Å². The lowest BCUT2D eigenvalue weighted by Gasteiger charge is -2.18. The lowest BCUT2D eigenvalue weighted by Crippen LogP contribution is -2.17. The minimum Gasteiger partial charge on any atom is -0.359 e. The van der Waals surface area contributed by atoms with Crippen LogP contribution in [0, 0.1) is 0 Å². The van der Waals surface area contributed by atoms with Crippen molar-refractivity contribution >= 4 is 11.7 Å². The lowest BCUT2D eigenvalue weighted by atomic mass is 9.86. The van der Waals surface area contributed by atoms with E-state index in [1.807, 2.05) is 24.3 Å². The van der Waals surface area contributed by atoms with Crippen LogP contribution in [0.5, 0.6) is 0 Å². The molecule has 0 bridgehead atoms. The molecule has 0 aliphatic carbocycles. The van der Waals surface area contributed by atoms with Gasteiger partial charge in [0.25, 0.3) is 0 Å². The predicted molar refractivity (Wildman–Crippen MR) is 77.4 cm³/mol. The van der Waals surface area contributed by atoms with Crippen LogP contribution in [0.2, 0.25) is 0 Å². The predicted octanol–water partition coefficient (Wildman–Crippen LogP) is 3.08. The Balaban J connectivity index is 2.56. The molecule has 104 valence electrons. The minimum absolute atomic E-state index is 0.0177. The number of amides is 1. The van der Waals surface area contributed by atoms with Crippen LogP contribution in [0.25, 0.3) is 0 Å². The smallest absolute Gasteiger partial charge is 0.219 e. The standard InChI is InChI=1S/C16H23NO2/c1-16(2,3)13-10-8-12(9-11-13)14(18)6-5-7-15(19)17-4/h8-11H,5-7H2,1-4H3,(H,17,19). The minimum atomic E-state index is -0.0177. The number of benzene rings is 1. The summed E-state index contributed by atoms with van der Waals surface area (Å²) in [5, 5.41) is 2.55. The number of hydrogen-bond donors (Lipinski definition) is 1. The van der Waals surface area contributed by atoms with Gasteiger partial charge in [-0.15, -0.1) is 0 Å². The van der Waals surface area contributed by atoms with Crippen LogP contribution in [0.3, 0.4) is 0 Å². The number of nitrogens with one attached hydrogen (secondary N) is 1. The molecule has 0 aliphatic rings. The van der Waals surface area contributed by atoms with Crippen molar-refractivity contribution in [2.75, 3.05) is 7.05 Å². The van der Waals surface area contributed by atoms with E-state index in [1.54, 1.807) is 7.05 Å². The monoisotopic (exact) mass is 261 g/mol. The Kier molecular flexibility index (Phi) is 5.28. The number of carbonyl (C=O) groups excluding carboxylic acids is 2. The van der Waals surface area contributed by atoms with E-state index in [4.69, 9.17) is 0 Å². The van der Waals surface area contributed by atoms with Crippen molar-refractivity contribution in [2.24, 2.45) is 0 Å². The summed E-state index contributed by atoms with van der Waals surface area (Å²) in [6, 6.07) is 7.77. The maximum absolute atomic E-state index is 11.9. The van der Waals surface area contributed by atoms with Gasteiger partial charge in [0.15, 0.2) is 5.78 Å². The Labute approximate surface area is 115 Å². The second-order valence-electron chi connectivity index (χ2n) is 5.78. The molecule has 3 nitrogen and oxygen atoms in total. The van der Waals surface area contributed by atoms with Crippen molar-refractivity contribution in [3.8, 4) is 0 Å². The fraction of sp³-hybridized carbons (Fsp3) is 0.500. The van der Waals surface area contributed by atoms with Gasteiger partial charge < -0.3 is 5.32 Å². The molecule has 1 aromatic rings. The zero-order chi connectivity index (χ0) is 14.5. The van der Waals surface area contributed by atoms with Gasteiger partial charge in [-0.1, -0.05) is 45.0 Å². The third-order valence-electron chi connectivity index (χ3n) is 3.16. The molecular formula is C16H23NO2. The Bertz CT molecular complexity index is 441. The molecule has 0 atom stereocenters. The summed E-state index contributed by atoms with van der Waals surface area (Å²) < 4.78 is 0. The molecule has 0 fully saturated rings. The molecule has 0 spiro atoms. The summed E-state index contributed by atoms with van der Waals surface area (Å²) in [4.78, 5) is 23.0. The molecule has 1 aromatic carbocycles. The highest BCUT2D eigenvalue weighted by Crippen LogP contribution is 2.22. The van der Waals surface area contributed by atoms with E-state index in [2.05, 4.69) is 26.1 Å². The topological polar surface area (TPSA) is 46.2 Å². The molecule has 0 saturated carbocycles. The number of ketones is 1. The number of hydrogen-bond acceptors (Lipinski definition) is 2. The summed E-state index contributed by atoms with van der Waals surface area (Å²) in [5.74, 6) is 0.0836. The first kappa shape index (κ1) is 15.4. The van der Waals surface area contributed by atoms with Crippen molar-refractivity contribution < 1.29 is 9.59 Å². The van der Waals surface area contributed by atoms with Crippen LogP contribution >= 0.6 is 0 Å². The largest absolute Gasteiger partial charge is 0.359 e. The number of carbonyl (C=O) groups is 2.